The van der Waals surface area contributed by atoms with Crippen LogP contribution in [0, 0.1) is 61.7 Å². The number of hydrogen-bond acceptors (Lipinski definition) is 22. The smallest absolute Gasteiger partial charge is 0.359 e. The highest BCUT2D eigenvalue weighted by molar-refractivity contribution is 6.32. The largest absolute Gasteiger partial charge is 0.461 e. The molecule has 26 nitrogen and oxygen atoms in total. The van der Waals surface area contributed by atoms with Crippen molar-refractivity contribution < 1.29 is 60.0 Å². The number of nitriles is 3. The highest BCUT2D eigenvalue weighted by Crippen LogP contribution is 2.36. The molecule has 8 aromatic rings. The first-order valence-electron chi connectivity index (χ1n) is 32.5. The number of esters is 3. The Kier molecular flexibility index (Phi) is 30.7. The maximum Gasteiger partial charge on any atom is 0.359 e. The van der Waals surface area contributed by atoms with Crippen molar-refractivity contribution >= 4 is 64.3 Å². The van der Waals surface area contributed by atoms with E-state index in [1.54, 1.807) is 83.1 Å². The Morgan fingerprint density at radius 2 is 0.951 bits per heavy atom. The zero-order valence-electron chi connectivity index (χ0n) is 57.4. The molecular weight excluding hydrogens is 1420 g/mol. The number of ether oxygens (including phenoxy) is 3. The Bertz CT molecular complexity index is 4270. The van der Waals surface area contributed by atoms with Crippen molar-refractivity contribution in [2.75, 3.05) is 30.5 Å². The van der Waals surface area contributed by atoms with Gasteiger partial charge >= 0.3 is 17.9 Å². The molecule has 0 bridgehead atoms. The van der Waals surface area contributed by atoms with Gasteiger partial charge in [0, 0.05) is 111 Å². The number of aliphatic hydroxyl groups is 1. The van der Waals surface area contributed by atoms with Gasteiger partial charge in [0.25, 0.3) is 0 Å². The molecule has 103 heavy (non-hydrogen) atoms. The van der Waals surface area contributed by atoms with Crippen molar-refractivity contribution in [2.45, 2.75) is 175 Å². The molecule has 8 heterocycles. The Hall–Kier alpha value is -9.75. The van der Waals surface area contributed by atoms with E-state index in [1.165, 1.54) is 33.6 Å². The molecule has 3 aliphatic rings. The Morgan fingerprint density at radius 3 is 1.36 bits per heavy atom. The summed E-state index contributed by atoms with van der Waals surface area (Å²) in [6.45, 7) is 13.4. The lowest BCUT2D eigenvalue weighted by atomic mass is 9.92. The normalized spacial score (nSPS) is 15.1. The fourth-order valence-electron chi connectivity index (χ4n) is 10.2. The van der Waals surface area contributed by atoms with E-state index in [4.69, 9.17) is 71.0 Å². The standard InChI is InChI=1S/C19H21F2N5O2.C17H23F2N5O.C13H11ClN4O2.C7H10N2O2.C6H2Cl2N2.C6H11F2N/c1-3-28-18(27)17-12(2)11-26(25-17)16-9-13(10-22)8-15(24-16)23-14-4-6-19(20,21)7-5-14;1-11-9-24(23-14(11)10-25)16-7-12(8-20)6-15(22-16)21-13-2-4-17(18,19)5-3-13;1-3-20-13(19)12-8(2)7-18(17-12)11-5-9(6-15)4-10(14)16-11;1-3-11-7(10)6-5(2)4-8-9-6;7-5-1-4(3-9)2-6(8)10-5;7-6(8)3-1-5(9)2-4-6/h8-9,11,14H,3-7H2,1-2H3,(H,23,24);6-7,9,13,25H,2-5,8,10,20H2,1H3,(H,21,22);4-5,7H,3H2,1-2H3;4H,3H2,1-2H3,(H,8,9);1-2H;5H,1-4,9H2. The van der Waals surface area contributed by atoms with E-state index in [0.29, 0.717) is 120 Å². The molecule has 3 saturated carbocycles. The lowest BCUT2D eigenvalue weighted by Gasteiger charge is -2.29. The minimum absolute atomic E-state index is 0.0182. The van der Waals surface area contributed by atoms with Gasteiger partial charge in [0.15, 0.2) is 28.8 Å². The Balaban J connectivity index is 0.000000204. The number of anilines is 2. The van der Waals surface area contributed by atoms with E-state index >= 15 is 0 Å². The number of H-pyrrole nitrogens is 1. The molecule has 11 rings (SSSR count). The SMILES string of the molecule is CCOC(=O)c1[nH]ncc1C.CCOC(=O)c1nn(-c2cc(C#N)cc(Cl)n2)cc1C.CCOC(=O)c1nn(-c2cc(C#N)cc(NC3CCC(F)(F)CC3)n2)cc1C.Cc1cn(-c2cc(CN)cc(NC3CCC(F)(F)CC3)n2)nc1CO.N#Cc1cc(Cl)nc(Cl)c1.NC1CCC(F)(F)CC1. The van der Waals surface area contributed by atoms with Gasteiger partial charge in [-0.3, -0.25) is 5.10 Å². The molecule has 0 aromatic carbocycles. The number of nitrogens with one attached hydrogen (secondary N) is 3. The van der Waals surface area contributed by atoms with E-state index in [0.717, 1.165) is 16.7 Å². The highest BCUT2D eigenvalue weighted by atomic mass is 35.5. The number of nitrogens with zero attached hydrogens (tertiary/aromatic N) is 14. The second-order valence-electron chi connectivity index (χ2n) is 23.8. The van der Waals surface area contributed by atoms with Gasteiger partial charge in [-0.1, -0.05) is 34.8 Å². The molecular formula is C68H78Cl3F6N19O7. The number of halogens is 9. The molecule has 0 aliphatic heterocycles. The van der Waals surface area contributed by atoms with Crippen LogP contribution >= 0.6 is 34.8 Å². The number of aliphatic hydroxyl groups excluding tert-OH is 1. The van der Waals surface area contributed by atoms with Crippen LogP contribution in [-0.2, 0) is 27.4 Å². The van der Waals surface area contributed by atoms with E-state index in [2.05, 4.69) is 62.1 Å². The van der Waals surface area contributed by atoms with Crippen LogP contribution < -0.4 is 22.1 Å². The zero-order valence-corrected chi connectivity index (χ0v) is 59.7. The Morgan fingerprint density at radius 1 is 0.563 bits per heavy atom. The van der Waals surface area contributed by atoms with Crippen LogP contribution in [0.25, 0.3) is 17.5 Å². The van der Waals surface area contributed by atoms with Gasteiger partial charge in [-0.25, -0.2) is 74.7 Å². The van der Waals surface area contributed by atoms with Crippen molar-refractivity contribution in [3.8, 4) is 35.7 Å². The van der Waals surface area contributed by atoms with Gasteiger partial charge in [-0.2, -0.15) is 36.2 Å². The number of rotatable bonds is 15. The number of pyridine rings is 4. The van der Waals surface area contributed by atoms with Crippen molar-refractivity contribution in [2.24, 2.45) is 11.5 Å². The molecule has 8 N–H and O–H groups in total. The summed E-state index contributed by atoms with van der Waals surface area (Å²) < 4.78 is 97.0. The molecule has 0 spiro atoms. The first kappa shape index (κ1) is 82.2. The minimum Gasteiger partial charge on any atom is -0.461 e. The number of aromatic nitrogens is 12. The molecule has 3 aliphatic carbocycles. The third-order valence-corrected chi connectivity index (χ3v) is 16.2. The summed E-state index contributed by atoms with van der Waals surface area (Å²) in [5, 5.41) is 61.9. The van der Waals surface area contributed by atoms with Crippen LogP contribution in [-0.4, -0.2) is 138 Å². The summed E-state index contributed by atoms with van der Waals surface area (Å²) in [7, 11) is 0. The summed E-state index contributed by atoms with van der Waals surface area (Å²) in [5.41, 5.74) is 17.6. The van der Waals surface area contributed by atoms with Crippen LogP contribution in [0.1, 0.15) is 179 Å². The number of carbonyl (C=O) groups is 3. The van der Waals surface area contributed by atoms with E-state index in [-0.39, 0.29) is 109 Å². The number of carbonyl (C=O) groups excluding carboxylic acids is 3. The molecule has 3 fully saturated rings. The monoisotopic (exact) mass is 1490 g/mol. The lowest BCUT2D eigenvalue weighted by Crippen LogP contribution is -2.32. The van der Waals surface area contributed by atoms with Crippen LogP contribution in [0.2, 0.25) is 15.5 Å². The topological polar surface area (TPSA) is 380 Å². The summed E-state index contributed by atoms with van der Waals surface area (Å²) in [6, 6.07) is 18.5. The van der Waals surface area contributed by atoms with Crippen LogP contribution in [0.4, 0.5) is 38.0 Å². The number of aryl methyl sites for hydroxylation is 4. The Labute approximate surface area is 605 Å². The molecule has 35 heteroatoms. The third-order valence-electron chi connectivity index (χ3n) is 15.6. The van der Waals surface area contributed by atoms with Gasteiger partial charge in [0.1, 0.15) is 32.8 Å². The molecule has 0 radical (unpaired) electrons. The second-order valence-corrected chi connectivity index (χ2v) is 25.0. The molecule has 0 unspecified atom stereocenters. The average Bonchev–Trinajstić information content (AvgIpc) is 1.79. The third kappa shape index (κ3) is 25.6. The first-order chi connectivity index (χ1) is 48.8. The number of nitrogens with two attached hydrogens (primary N) is 2. The van der Waals surface area contributed by atoms with E-state index in [9.17, 15) is 51.1 Å². The fourth-order valence-corrected chi connectivity index (χ4v) is 10.8. The van der Waals surface area contributed by atoms with E-state index < -0.39 is 29.7 Å². The zero-order chi connectivity index (χ0) is 75.8. The van der Waals surface area contributed by atoms with Crippen molar-refractivity contribution in [1.29, 1.82) is 15.8 Å². The predicted octanol–water partition coefficient (Wildman–Crippen LogP) is 13.1. The quantitative estimate of drug-likeness (QED) is 0.0240. The van der Waals surface area contributed by atoms with Crippen molar-refractivity contribution in [1.82, 2.24) is 59.5 Å². The van der Waals surface area contributed by atoms with Crippen molar-refractivity contribution in [3.63, 3.8) is 0 Å². The lowest BCUT2D eigenvalue weighted by molar-refractivity contribution is -0.0378. The van der Waals surface area contributed by atoms with Gasteiger partial charge in [0.2, 0.25) is 17.8 Å². The van der Waals surface area contributed by atoms with Gasteiger partial charge in [-0.05, 0) is 135 Å². The summed E-state index contributed by atoms with van der Waals surface area (Å²) >= 11 is 16.8. The number of hydrogen-bond donors (Lipinski definition) is 6. The highest BCUT2D eigenvalue weighted by Gasteiger charge is 2.37. The van der Waals surface area contributed by atoms with Crippen LogP contribution in [0.3, 0.4) is 0 Å². The number of alkyl halides is 6. The fraction of sp³-hybridized carbons (Fsp3) is 0.441. The van der Waals surface area contributed by atoms with Crippen LogP contribution in [0.15, 0.2) is 73.3 Å². The molecule has 0 amide bonds. The van der Waals surface area contributed by atoms with Gasteiger partial charge < -0.3 is 41.4 Å². The first-order valence-corrected chi connectivity index (χ1v) is 33.6. The van der Waals surface area contributed by atoms with Gasteiger partial charge in [-0.15, -0.1) is 0 Å². The minimum atomic E-state index is -2.61. The van der Waals surface area contributed by atoms with Gasteiger partial charge in [0.05, 0.1) is 73.2 Å². The molecule has 0 atom stereocenters. The molecule has 550 valence electrons. The maximum absolute atomic E-state index is 13.3. The van der Waals surface area contributed by atoms with Crippen molar-refractivity contribution in [3.05, 3.63) is 156 Å². The summed E-state index contributed by atoms with van der Waals surface area (Å²) in [4.78, 5) is 51.4. The summed E-state index contributed by atoms with van der Waals surface area (Å²) in [6.07, 6.45) is 8.48. The van der Waals surface area contributed by atoms with E-state index in [1.807, 2.05) is 31.2 Å². The maximum atomic E-state index is 13.3. The number of aromatic amines is 1. The summed E-state index contributed by atoms with van der Waals surface area (Å²) in [5.74, 6) is -6.64. The molecule has 8 aromatic heterocycles. The van der Waals surface area contributed by atoms with Crippen LogP contribution in [0.5, 0.6) is 0 Å². The second kappa shape index (κ2) is 38.5. The molecule has 0 saturated heterocycles. The average molecular weight is 1490 g/mol. The predicted molar refractivity (Wildman–Crippen MR) is 370 cm³/mol.